The fourth-order valence-electron chi connectivity index (χ4n) is 1.94. The third kappa shape index (κ3) is 5.56. The van der Waals surface area contributed by atoms with Crippen molar-refractivity contribution in [3.05, 3.63) is 71.8 Å². The van der Waals surface area contributed by atoms with Gasteiger partial charge in [-0.25, -0.2) is 0 Å². The zero-order valence-corrected chi connectivity index (χ0v) is 12.6. The lowest BCUT2D eigenvalue weighted by atomic mass is 10.1. The Morgan fingerprint density at radius 3 is 1.91 bits per heavy atom. The summed E-state index contributed by atoms with van der Waals surface area (Å²) in [5.41, 5.74) is 1.71. The van der Waals surface area contributed by atoms with Crippen LogP contribution in [-0.2, 0) is 32.3 Å². The fourth-order valence-corrected chi connectivity index (χ4v) is 1.94. The maximum atomic E-state index is 11.9. The SMILES string of the molecule is O=C(O)C(COCc1ccccc1)C(=O)OCc1ccccc1. The number of carbonyl (C=O) groups excluding carboxylic acids is 1. The summed E-state index contributed by atoms with van der Waals surface area (Å²) in [6.45, 7) is 0.0660. The number of carboxylic acid groups (broad SMARTS) is 1. The van der Waals surface area contributed by atoms with E-state index in [0.717, 1.165) is 11.1 Å². The Kier molecular flexibility index (Phi) is 6.32. The summed E-state index contributed by atoms with van der Waals surface area (Å²) in [6.07, 6.45) is 0. The molecular formula is C18H18O5. The molecule has 0 bridgehead atoms. The number of carbonyl (C=O) groups is 2. The van der Waals surface area contributed by atoms with Crippen molar-refractivity contribution in [3.63, 3.8) is 0 Å². The van der Waals surface area contributed by atoms with Crippen molar-refractivity contribution in [1.82, 2.24) is 0 Å². The van der Waals surface area contributed by atoms with Gasteiger partial charge in [-0.15, -0.1) is 0 Å². The summed E-state index contributed by atoms with van der Waals surface area (Å²) in [7, 11) is 0. The van der Waals surface area contributed by atoms with E-state index >= 15 is 0 Å². The zero-order chi connectivity index (χ0) is 16.5. The van der Waals surface area contributed by atoms with Gasteiger partial charge in [-0.3, -0.25) is 9.59 Å². The maximum absolute atomic E-state index is 11.9. The van der Waals surface area contributed by atoms with E-state index in [9.17, 15) is 9.59 Å². The quantitative estimate of drug-likeness (QED) is 0.599. The van der Waals surface area contributed by atoms with Crippen LogP contribution in [0.15, 0.2) is 60.7 Å². The summed E-state index contributed by atoms with van der Waals surface area (Å²) in [4.78, 5) is 23.1. The third-order valence-electron chi connectivity index (χ3n) is 3.20. The number of aliphatic carboxylic acids is 1. The molecule has 5 heteroatoms. The summed E-state index contributed by atoms with van der Waals surface area (Å²) < 4.78 is 10.4. The van der Waals surface area contributed by atoms with Gasteiger partial charge in [0.2, 0.25) is 0 Å². The molecule has 0 fully saturated rings. The van der Waals surface area contributed by atoms with Gasteiger partial charge in [-0.1, -0.05) is 60.7 Å². The number of benzene rings is 2. The fraction of sp³-hybridized carbons (Fsp3) is 0.222. The standard InChI is InChI=1S/C18H18O5/c19-17(20)16(13-22-11-14-7-3-1-4-8-14)18(21)23-12-15-9-5-2-6-10-15/h1-10,16H,11-13H2,(H,19,20). The number of hydrogen-bond donors (Lipinski definition) is 1. The molecule has 5 nitrogen and oxygen atoms in total. The van der Waals surface area contributed by atoms with Gasteiger partial charge in [-0.05, 0) is 11.1 Å². The Bertz CT molecular complexity index is 624. The van der Waals surface area contributed by atoms with Crippen LogP contribution in [0.1, 0.15) is 11.1 Å². The molecule has 1 unspecified atom stereocenters. The van der Waals surface area contributed by atoms with Gasteiger partial charge in [-0.2, -0.15) is 0 Å². The molecule has 0 aromatic heterocycles. The smallest absolute Gasteiger partial charge is 0.323 e. The van der Waals surface area contributed by atoms with Crippen LogP contribution in [0.3, 0.4) is 0 Å². The maximum Gasteiger partial charge on any atom is 0.323 e. The minimum Gasteiger partial charge on any atom is -0.481 e. The summed E-state index contributed by atoms with van der Waals surface area (Å²) >= 11 is 0. The van der Waals surface area contributed by atoms with E-state index in [2.05, 4.69) is 0 Å². The first kappa shape index (κ1) is 16.7. The lowest BCUT2D eigenvalue weighted by Crippen LogP contribution is -2.30. The summed E-state index contributed by atoms with van der Waals surface area (Å²) in [5.74, 6) is -3.38. The second-order valence-corrected chi connectivity index (χ2v) is 4.98. The normalized spacial score (nSPS) is 11.7. The molecule has 120 valence electrons. The van der Waals surface area contributed by atoms with E-state index in [4.69, 9.17) is 14.6 Å². The van der Waals surface area contributed by atoms with Crippen LogP contribution in [0.2, 0.25) is 0 Å². The van der Waals surface area contributed by atoms with Crippen molar-refractivity contribution in [2.24, 2.45) is 5.92 Å². The van der Waals surface area contributed by atoms with Crippen LogP contribution < -0.4 is 0 Å². The summed E-state index contributed by atoms with van der Waals surface area (Å²) in [6, 6.07) is 18.4. The van der Waals surface area contributed by atoms with Crippen LogP contribution in [0.5, 0.6) is 0 Å². The molecule has 0 aliphatic carbocycles. The highest BCUT2D eigenvalue weighted by Gasteiger charge is 2.28. The molecule has 23 heavy (non-hydrogen) atoms. The summed E-state index contributed by atoms with van der Waals surface area (Å²) in [5, 5.41) is 9.16. The van der Waals surface area contributed by atoms with Gasteiger partial charge in [0.25, 0.3) is 0 Å². The van der Waals surface area contributed by atoms with Crippen molar-refractivity contribution in [1.29, 1.82) is 0 Å². The van der Waals surface area contributed by atoms with Crippen molar-refractivity contribution in [3.8, 4) is 0 Å². The van der Waals surface area contributed by atoms with Crippen molar-refractivity contribution < 1.29 is 24.2 Å². The van der Waals surface area contributed by atoms with E-state index in [0.29, 0.717) is 0 Å². The van der Waals surface area contributed by atoms with Crippen LogP contribution in [0.4, 0.5) is 0 Å². The average molecular weight is 314 g/mol. The molecule has 2 aromatic rings. The lowest BCUT2D eigenvalue weighted by molar-refractivity contribution is -0.162. The average Bonchev–Trinajstić information content (AvgIpc) is 2.58. The number of hydrogen-bond acceptors (Lipinski definition) is 4. The molecule has 0 heterocycles. The Hall–Kier alpha value is -2.66. The third-order valence-corrected chi connectivity index (χ3v) is 3.20. The minimum absolute atomic E-state index is 0.0438. The highest BCUT2D eigenvalue weighted by molar-refractivity contribution is 5.94. The second kappa shape index (κ2) is 8.70. The first-order valence-corrected chi connectivity index (χ1v) is 7.22. The van der Waals surface area contributed by atoms with Crippen LogP contribution in [-0.4, -0.2) is 23.7 Å². The molecule has 0 saturated heterocycles. The van der Waals surface area contributed by atoms with Crippen LogP contribution >= 0.6 is 0 Å². The van der Waals surface area contributed by atoms with Gasteiger partial charge in [0.1, 0.15) is 6.61 Å². The van der Waals surface area contributed by atoms with Gasteiger partial charge in [0.05, 0.1) is 13.2 Å². The number of ether oxygens (including phenoxy) is 2. The van der Waals surface area contributed by atoms with E-state index in [1.807, 2.05) is 48.5 Å². The van der Waals surface area contributed by atoms with Crippen molar-refractivity contribution in [2.75, 3.05) is 6.61 Å². The molecule has 0 aliphatic heterocycles. The topological polar surface area (TPSA) is 72.8 Å². The Morgan fingerprint density at radius 2 is 1.39 bits per heavy atom. The van der Waals surface area contributed by atoms with Gasteiger partial charge in [0, 0.05) is 0 Å². The molecule has 2 rings (SSSR count). The van der Waals surface area contributed by atoms with E-state index in [1.165, 1.54) is 0 Å². The van der Waals surface area contributed by atoms with E-state index in [1.54, 1.807) is 12.1 Å². The molecule has 0 aliphatic rings. The molecule has 0 amide bonds. The highest BCUT2D eigenvalue weighted by Crippen LogP contribution is 2.08. The van der Waals surface area contributed by atoms with Crippen LogP contribution in [0.25, 0.3) is 0 Å². The van der Waals surface area contributed by atoms with Gasteiger partial charge in [0.15, 0.2) is 5.92 Å². The monoisotopic (exact) mass is 314 g/mol. The van der Waals surface area contributed by atoms with Gasteiger partial charge < -0.3 is 14.6 Å². The molecule has 0 radical (unpaired) electrons. The number of rotatable bonds is 8. The van der Waals surface area contributed by atoms with Gasteiger partial charge >= 0.3 is 11.9 Å². The Balaban J connectivity index is 1.82. The Labute approximate surface area is 134 Å². The van der Waals surface area contributed by atoms with Crippen LogP contribution in [0, 0.1) is 5.92 Å². The molecule has 1 N–H and O–H groups in total. The number of esters is 1. The van der Waals surface area contributed by atoms with E-state index < -0.39 is 17.9 Å². The molecule has 1 atom stereocenters. The van der Waals surface area contributed by atoms with Crippen molar-refractivity contribution >= 4 is 11.9 Å². The second-order valence-electron chi connectivity index (χ2n) is 4.98. The molecule has 0 spiro atoms. The molecule has 0 saturated carbocycles. The predicted molar refractivity (Wildman–Crippen MR) is 83.5 cm³/mol. The first-order chi connectivity index (χ1) is 11.2. The molecule has 2 aromatic carbocycles. The minimum atomic E-state index is -1.33. The largest absolute Gasteiger partial charge is 0.481 e. The van der Waals surface area contributed by atoms with Crippen molar-refractivity contribution in [2.45, 2.75) is 13.2 Å². The predicted octanol–water partition coefficient (Wildman–Crippen LogP) is 2.65. The first-order valence-electron chi connectivity index (χ1n) is 7.22. The zero-order valence-electron chi connectivity index (χ0n) is 12.6. The van der Waals surface area contributed by atoms with E-state index in [-0.39, 0.29) is 19.8 Å². The number of carboxylic acids is 1. The Morgan fingerprint density at radius 1 is 0.870 bits per heavy atom. The lowest BCUT2D eigenvalue weighted by Gasteiger charge is -2.12. The highest BCUT2D eigenvalue weighted by atomic mass is 16.5. The molecular weight excluding hydrogens is 296 g/mol.